The maximum Gasteiger partial charge on any atom is 0.238 e. The minimum absolute atomic E-state index is 0.100. The molecular formula is C56H72N12O5. The zero-order valence-corrected chi connectivity index (χ0v) is 43.0. The molecule has 12 rings (SSSR count). The number of pyridine rings is 2. The standard InChI is InChI=1S/C56H72N12O5/c1-36(2)67-35-58-45-32-44(60-51(50(45)67)59-39-9-10-39)37-7-12-43-46(29-37)68(41-30-40(31-41)63-19-5-4-6-20-63)54(73)56(43)17-23-66(24-18-56)53(72)55(3)15-21-65(22-16-55)49(70)34-62-25-27-64(28-26-62)47-13-8-38(33-57-47)42-11-14-48(69)61-52(42)71/h7-8,12-13,29,32-33,35-36,39-42H,4-6,9-11,14-28,30-31,34H2,1-3H3,(H,59,60)(H,61,69,71). The third-order valence-electron chi connectivity index (χ3n) is 18.2. The average molecular weight is 993 g/mol. The number of piperidine rings is 4. The first kappa shape index (κ1) is 48.0. The van der Waals surface area contributed by atoms with Crippen LogP contribution < -0.4 is 20.4 Å². The monoisotopic (exact) mass is 993 g/mol. The van der Waals surface area contributed by atoms with Crippen molar-refractivity contribution in [3.8, 4) is 11.3 Å². The molecule has 1 atom stereocenters. The van der Waals surface area contributed by atoms with Crippen LogP contribution in [0.2, 0.25) is 0 Å². The second kappa shape index (κ2) is 19.1. The van der Waals surface area contributed by atoms with E-state index in [4.69, 9.17) is 9.97 Å². The van der Waals surface area contributed by atoms with Crippen molar-refractivity contribution in [1.82, 2.24) is 44.4 Å². The maximum absolute atomic E-state index is 15.3. The highest BCUT2D eigenvalue weighted by molar-refractivity contribution is 6.09. The molecule has 2 saturated carbocycles. The predicted molar refractivity (Wildman–Crippen MR) is 279 cm³/mol. The van der Waals surface area contributed by atoms with E-state index in [1.165, 1.54) is 19.3 Å². The van der Waals surface area contributed by atoms with Gasteiger partial charge in [0.2, 0.25) is 29.5 Å². The summed E-state index contributed by atoms with van der Waals surface area (Å²) in [5.74, 6) is 1.30. The van der Waals surface area contributed by atoms with Gasteiger partial charge in [0.25, 0.3) is 0 Å². The summed E-state index contributed by atoms with van der Waals surface area (Å²) in [5.41, 5.74) is 5.44. The number of carbonyl (C=O) groups is 5. The number of anilines is 3. The number of rotatable bonds is 11. The minimum Gasteiger partial charge on any atom is -0.366 e. The van der Waals surface area contributed by atoms with Crippen molar-refractivity contribution in [2.45, 2.75) is 140 Å². The Bertz CT molecular complexity index is 2790. The predicted octanol–water partition coefficient (Wildman–Crippen LogP) is 5.84. The summed E-state index contributed by atoms with van der Waals surface area (Å²) in [6, 6.07) is 13.9. The minimum atomic E-state index is -0.687. The van der Waals surface area contributed by atoms with E-state index in [1.54, 1.807) is 6.20 Å². The fourth-order valence-electron chi connectivity index (χ4n) is 13.2. The lowest BCUT2D eigenvalue weighted by molar-refractivity contribution is -0.149. The third kappa shape index (κ3) is 8.95. The fourth-order valence-corrected chi connectivity index (χ4v) is 13.2. The first-order valence-corrected chi connectivity index (χ1v) is 27.5. The van der Waals surface area contributed by atoms with E-state index in [1.807, 2.05) is 28.3 Å². The molecular weight excluding hydrogens is 921 g/mol. The molecule has 1 spiro atoms. The zero-order chi connectivity index (χ0) is 50.2. The summed E-state index contributed by atoms with van der Waals surface area (Å²) in [6.07, 6.45) is 15.0. The van der Waals surface area contributed by atoms with E-state index in [9.17, 15) is 19.2 Å². The summed E-state index contributed by atoms with van der Waals surface area (Å²) >= 11 is 0. The summed E-state index contributed by atoms with van der Waals surface area (Å²) < 4.78 is 2.20. The fraction of sp³-hybridized carbons (Fsp3) is 0.607. The van der Waals surface area contributed by atoms with Crippen LogP contribution in [0.4, 0.5) is 17.3 Å². The molecule has 0 bridgehead atoms. The first-order valence-electron chi connectivity index (χ1n) is 27.5. The second-order valence-electron chi connectivity index (χ2n) is 23.2. The number of nitrogens with one attached hydrogen (secondary N) is 2. The van der Waals surface area contributed by atoms with Gasteiger partial charge in [-0.15, -0.1) is 0 Å². The summed E-state index contributed by atoms with van der Waals surface area (Å²) in [5, 5.41) is 6.13. The lowest BCUT2D eigenvalue weighted by Gasteiger charge is -2.48. The number of imidazole rings is 1. The van der Waals surface area contributed by atoms with Crippen LogP contribution in [0, 0.1) is 5.41 Å². The molecule has 2 N–H and O–H groups in total. The smallest absolute Gasteiger partial charge is 0.238 e. The van der Waals surface area contributed by atoms with Crippen molar-refractivity contribution in [1.29, 1.82) is 0 Å². The summed E-state index contributed by atoms with van der Waals surface area (Å²) in [6.45, 7) is 14.1. The van der Waals surface area contributed by atoms with Crippen LogP contribution >= 0.6 is 0 Å². The Morgan fingerprint density at radius 3 is 2.23 bits per heavy atom. The van der Waals surface area contributed by atoms with E-state index in [0.717, 1.165) is 116 Å². The molecule has 1 aromatic carbocycles. The number of benzene rings is 1. The molecule has 3 aromatic heterocycles. The zero-order valence-electron chi connectivity index (χ0n) is 43.0. The molecule has 7 fully saturated rings. The molecule has 5 saturated heterocycles. The van der Waals surface area contributed by atoms with Crippen LogP contribution in [-0.2, 0) is 29.4 Å². The van der Waals surface area contributed by atoms with Crippen LogP contribution in [0.25, 0.3) is 22.3 Å². The Labute approximate surface area is 428 Å². The molecule has 2 aliphatic carbocycles. The average Bonchev–Trinajstić information content (AvgIpc) is 4.06. The van der Waals surface area contributed by atoms with Crippen LogP contribution in [0.1, 0.15) is 127 Å². The van der Waals surface area contributed by atoms with E-state index in [2.05, 4.69) is 84.8 Å². The number of imide groups is 1. The van der Waals surface area contributed by atoms with E-state index in [-0.39, 0.29) is 47.5 Å². The van der Waals surface area contributed by atoms with Crippen molar-refractivity contribution >= 4 is 57.9 Å². The van der Waals surface area contributed by atoms with E-state index >= 15 is 4.79 Å². The molecule has 17 heteroatoms. The number of hydrogen-bond acceptors (Lipinski definition) is 12. The Morgan fingerprint density at radius 2 is 1.55 bits per heavy atom. The number of fused-ring (bicyclic) bond motifs is 3. The summed E-state index contributed by atoms with van der Waals surface area (Å²) in [7, 11) is 0. The van der Waals surface area contributed by atoms with Gasteiger partial charge in [-0.2, -0.15) is 0 Å². The SMILES string of the molecule is CC(C)n1cnc2cc(-c3ccc4c(c3)N(C3CC(N5CCCCC5)C3)C(=O)C43CCN(C(=O)C4(C)CCN(C(=O)CN5CCN(c6ccc(C7CCC(=O)NC7=O)cn6)CC5)CC4)CC3)nc(NC3CC3)c21. The lowest BCUT2D eigenvalue weighted by atomic mass is 9.72. The number of piperazine rings is 1. The van der Waals surface area contributed by atoms with Gasteiger partial charge in [0.15, 0.2) is 5.82 Å². The molecule has 1 unspecified atom stereocenters. The van der Waals surface area contributed by atoms with Crippen molar-refractivity contribution in [3.05, 3.63) is 60.0 Å². The largest absolute Gasteiger partial charge is 0.366 e. The molecule has 17 nitrogen and oxygen atoms in total. The van der Waals surface area contributed by atoms with Gasteiger partial charge in [-0.1, -0.05) is 31.5 Å². The van der Waals surface area contributed by atoms with Crippen LogP contribution in [0.3, 0.4) is 0 Å². The van der Waals surface area contributed by atoms with Crippen LogP contribution in [0.5, 0.6) is 0 Å². The lowest BCUT2D eigenvalue weighted by Crippen LogP contribution is -2.59. The summed E-state index contributed by atoms with van der Waals surface area (Å²) in [4.78, 5) is 95.5. The Morgan fingerprint density at radius 1 is 0.808 bits per heavy atom. The molecule has 73 heavy (non-hydrogen) atoms. The quantitative estimate of drug-likeness (QED) is 0.172. The molecule has 5 amide bonds. The molecule has 0 radical (unpaired) electrons. The number of hydrogen-bond donors (Lipinski definition) is 2. The topological polar surface area (TPSA) is 172 Å². The van der Waals surface area contributed by atoms with Gasteiger partial charge in [-0.05, 0) is 127 Å². The Hall–Kier alpha value is -5.94. The Balaban J connectivity index is 0.689. The number of carbonyl (C=O) groups excluding carboxylic acids is 5. The third-order valence-corrected chi connectivity index (χ3v) is 18.2. The van der Waals surface area contributed by atoms with Crippen molar-refractivity contribution < 1.29 is 24.0 Å². The van der Waals surface area contributed by atoms with Gasteiger partial charge in [0.05, 0.1) is 35.4 Å². The van der Waals surface area contributed by atoms with Crippen molar-refractivity contribution in [2.24, 2.45) is 5.41 Å². The first-order chi connectivity index (χ1) is 35.3. The van der Waals surface area contributed by atoms with Crippen LogP contribution in [0.15, 0.2) is 48.9 Å². The van der Waals surface area contributed by atoms with Crippen LogP contribution in [-0.4, -0.2) is 159 Å². The van der Waals surface area contributed by atoms with E-state index in [0.29, 0.717) is 83.3 Å². The number of aromatic nitrogens is 4. The van der Waals surface area contributed by atoms with Gasteiger partial charge in [-0.3, -0.25) is 34.2 Å². The van der Waals surface area contributed by atoms with E-state index < -0.39 is 10.8 Å². The van der Waals surface area contributed by atoms with Crippen molar-refractivity contribution in [2.75, 3.05) is 87.1 Å². The highest BCUT2D eigenvalue weighted by Gasteiger charge is 2.56. The maximum atomic E-state index is 15.3. The second-order valence-corrected chi connectivity index (χ2v) is 23.2. The van der Waals surface area contributed by atoms with Gasteiger partial charge in [0, 0.05) is 106 Å². The molecule has 8 aliphatic rings. The number of amides is 5. The Kier molecular flexibility index (Phi) is 12.6. The molecule has 9 heterocycles. The molecule has 4 aromatic rings. The molecule has 386 valence electrons. The highest BCUT2D eigenvalue weighted by atomic mass is 16.2. The normalized spacial score (nSPS) is 25.6. The highest BCUT2D eigenvalue weighted by Crippen LogP contribution is 2.53. The number of nitrogens with zero attached hydrogens (tertiary/aromatic N) is 10. The van der Waals surface area contributed by atoms with Gasteiger partial charge in [-0.25, -0.2) is 15.0 Å². The van der Waals surface area contributed by atoms with Gasteiger partial charge in [0.1, 0.15) is 11.3 Å². The van der Waals surface area contributed by atoms with Gasteiger partial charge >= 0.3 is 0 Å². The van der Waals surface area contributed by atoms with Gasteiger partial charge < -0.3 is 34.4 Å². The number of likely N-dealkylation sites (tertiary alicyclic amines) is 3. The van der Waals surface area contributed by atoms with Crippen molar-refractivity contribution in [3.63, 3.8) is 0 Å². The molecule has 6 aliphatic heterocycles.